The normalized spacial score (nSPS) is 17.5. The fourth-order valence-corrected chi connectivity index (χ4v) is 4.25. The molecule has 5 rings (SSSR count). The summed E-state index contributed by atoms with van der Waals surface area (Å²) in [5, 5.41) is 2.75. The van der Waals surface area contributed by atoms with Crippen LogP contribution in [0.1, 0.15) is 0 Å². The second kappa shape index (κ2) is 8.81. The Morgan fingerprint density at radius 3 is 2.68 bits per heavy atom. The number of nitrogens with one attached hydrogen (secondary N) is 1. The largest absolute Gasteiger partial charge is 0.418 e. The molecular weight excluding hydrogens is 464 g/mol. The number of carbonyl (C=O) groups excluding carboxylic acids is 1. The maximum Gasteiger partial charge on any atom is 0.418 e. The molecule has 162 valence electrons. The number of benzene rings is 1. The van der Waals surface area contributed by atoms with Crippen molar-refractivity contribution in [2.24, 2.45) is 5.92 Å². The van der Waals surface area contributed by atoms with Crippen LogP contribution in [0.25, 0.3) is 5.65 Å². The van der Waals surface area contributed by atoms with Gasteiger partial charge >= 0.3 is 6.09 Å². The monoisotopic (exact) mass is 486 g/mol. The Labute approximate surface area is 188 Å². The quantitative estimate of drug-likeness (QED) is 0.593. The molecule has 3 aromatic rings. The Morgan fingerprint density at radius 1 is 1.19 bits per heavy atom. The number of aromatic nitrogens is 3. The highest BCUT2D eigenvalue weighted by molar-refractivity contribution is 9.10. The number of hydrogen-bond acceptors (Lipinski definition) is 7. The fraction of sp³-hybridized carbons (Fsp3) is 0.381. The number of halogens is 1. The molecular formula is C21H23BrN6O3. The summed E-state index contributed by atoms with van der Waals surface area (Å²) in [5.74, 6) is 0.841. The van der Waals surface area contributed by atoms with Crippen molar-refractivity contribution in [3.63, 3.8) is 0 Å². The maximum atomic E-state index is 12.3. The Hall–Kier alpha value is -2.69. The summed E-state index contributed by atoms with van der Waals surface area (Å²) >= 11 is 3.31. The topological polar surface area (TPSA) is 84.2 Å². The van der Waals surface area contributed by atoms with Gasteiger partial charge < -0.3 is 14.4 Å². The first-order chi connectivity index (χ1) is 15.1. The lowest BCUT2D eigenvalue weighted by Crippen LogP contribution is -2.50. The van der Waals surface area contributed by atoms with Crippen LogP contribution >= 0.6 is 15.9 Å². The molecule has 1 aromatic carbocycles. The molecule has 9 nitrogen and oxygen atoms in total. The SMILES string of the molecule is O=C(Nc1ccc(N2CCN(CC3COC3)CC2)cc1)Oc1nc(Br)cn2ccnc12. The molecule has 0 spiro atoms. The van der Waals surface area contributed by atoms with E-state index in [1.54, 1.807) is 23.0 Å². The third kappa shape index (κ3) is 4.65. The second-order valence-corrected chi connectivity index (χ2v) is 8.59. The van der Waals surface area contributed by atoms with Gasteiger partial charge in [-0.3, -0.25) is 14.6 Å². The molecule has 4 heterocycles. The summed E-state index contributed by atoms with van der Waals surface area (Å²) in [6.45, 7) is 7.06. The number of anilines is 2. The van der Waals surface area contributed by atoms with E-state index in [-0.39, 0.29) is 5.88 Å². The predicted octanol–water partition coefficient (Wildman–Crippen LogP) is 2.87. The lowest BCUT2D eigenvalue weighted by atomic mass is 10.1. The highest BCUT2D eigenvalue weighted by Crippen LogP contribution is 2.22. The third-order valence-corrected chi connectivity index (χ3v) is 5.96. The first-order valence-corrected chi connectivity index (χ1v) is 11.1. The number of nitrogens with zero attached hydrogens (tertiary/aromatic N) is 5. The zero-order valence-corrected chi connectivity index (χ0v) is 18.5. The number of rotatable bonds is 5. The zero-order chi connectivity index (χ0) is 21.2. The van der Waals surface area contributed by atoms with Crippen LogP contribution < -0.4 is 15.0 Å². The molecule has 2 aliphatic rings. The lowest BCUT2D eigenvalue weighted by molar-refractivity contribution is -0.0468. The van der Waals surface area contributed by atoms with Crippen molar-refractivity contribution in [3.05, 3.63) is 47.5 Å². The number of ether oxygens (including phenoxy) is 2. The summed E-state index contributed by atoms with van der Waals surface area (Å²) in [4.78, 5) is 25.6. The van der Waals surface area contributed by atoms with Crippen molar-refractivity contribution in [2.45, 2.75) is 0 Å². The standard InChI is InChI=1S/C21H23BrN6O3/c22-18-12-28-6-5-23-19(28)20(25-18)31-21(29)24-16-1-3-17(4-2-16)27-9-7-26(8-10-27)11-15-13-30-14-15/h1-6,12,15H,7-11,13-14H2,(H,24,29). The second-order valence-electron chi connectivity index (χ2n) is 7.78. The number of carbonyl (C=O) groups is 1. The van der Waals surface area contributed by atoms with Crippen LogP contribution in [0, 0.1) is 5.92 Å². The number of piperazine rings is 1. The van der Waals surface area contributed by atoms with Crippen molar-refractivity contribution < 1.29 is 14.3 Å². The van der Waals surface area contributed by atoms with E-state index in [1.165, 1.54) is 0 Å². The first kappa shape index (κ1) is 20.2. The van der Waals surface area contributed by atoms with Gasteiger partial charge in [0.25, 0.3) is 5.88 Å². The minimum atomic E-state index is -0.614. The number of fused-ring (bicyclic) bond motifs is 1. The summed E-state index contributed by atoms with van der Waals surface area (Å²) < 4.78 is 12.9. The van der Waals surface area contributed by atoms with E-state index in [1.807, 2.05) is 24.3 Å². The molecule has 0 atom stereocenters. The molecule has 10 heteroatoms. The summed E-state index contributed by atoms with van der Waals surface area (Å²) in [7, 11) is 0. The highest BCUT2D eigenvalue weighted by Gasteiger charge is 2.24. The van der Waals surface area contributed by atoms with Gasteiger partial charge in [0.15, 0.2) is 0 Å². The van der Waals surface area contributed by atoms with Crippen LogP contribution in [0.4, 0.5) is 16.2 Å². The molecule has 2 aliphatic heterocycles. The van der Waals surface area contributed by atoms with Gasteiger partial charge in [-0.25, -0.2) is 14.8 Å². The summed E-state index contributed by atoms with van der Waals surface area (Å²) in [6, 6.07) is 7.81. The molecule has 2 aromatic heterocycles. The Balaban J connectivity index is 1.16. The van der Waals surface area contributed by atoms with E-state index < -0.39 is 6.09 Å². The molecule has 0 aliphatic carbocycles. The minimum Gasteiger partial charge on any atom is -0.387 e. The van der Waals surface area contributed by atoms with E-state index in [0.717, 1.165) is 51.6 Å². The Bertz CT molecular complexity index is 1060. The van der Waals surface area contributed by atoms with Crippen LogP contribution in [0.15, 0.2) is 47.5 Å². The Morgan fingerprint density at radius 2 is 1.97 bits per heavy atom. The van der Waals surface area contributed by atoms with Crippen LogP contribution in [-0.2, 0) is 4.74 Å². The molecule has 1 N–H and O–H groups in total. The van der Waals surface area contributed by atoms with E-state index in [4.69, 9.17) is 9.47 Å². The first-order valence-electron chi connectivity index (χ1n) is 10.3. The predicted molar refractivity (Wildman–Crippen MR) is 120 cm³/mol. The molecule has 0 unspecified atom stereocenters. The number of amides is 1. The number of hydrogen-bond donors (Lipinski definition) is 1. The molecule has 0 radical (unpaired) electrons. The average Bonchev–Trinajstić information content (AvgIpc) is 3.20. The van der Waals surface area contributed by atoms with Crippen LogP contribution in [0.5, 0.6) is 5.88 Å². The molecule has 2 saturated heterocycles. The average molecular weight is 487 g/mol. The van der Waals surface area contributed by atoms with E-state index >= 15 is 0 Å². The van der Waals surface area contributed by atoms with Crippen LogP contribution in [-0.4, -0.2) is 71.3 Å². The van der Waals surface area contributed by atoms with Gasteiger partial charge in [-0.1, -0.05) is 0 Å². The zero-order valence-electron chi connectivity index (χ0n) is 16.9. The molecule has 31 heavy (non-hydrogen) atoms. The molecule has 0 saturated carbocycles. The van der Waals surface area contributed by atoms with Gasteiger partial charge in [-0.2, -0.15) is 0 Å². The van der Waals surface area contributed by atoms with Crippen molar-refractivity contribution in [1.29, 1.82) is 0 Å². The summed E-state index contributed by atoms with van der Waals surface area (Å²) in [5.41, 5.74) is 2.28. The van der Waals surface area contributed by atoms with E-state index in [9.17, 15) is 4.79 Å². The summed E-state index contributed by atoms with van der Waals surface area (Å²) in [6.07, 6.45) is 4.51. The van der Waals surface area contributed by atoms with Gasteiger partial charge in [-0.15, -0.1) is 0 Å². The third-order valence-electron chi connectivity index (χ3n) is 5.58. The van der Waals surface area contributed by atoms with Gasteiger partial charge in [0.2, 0.25) is 5.65 Å². The molecule has 0 bridgehead atoms. The maximum absolute atomic E-state index is 12.3. The van der Waals surface area contributed by atoms with Crippen LogP contribution in [0.2, 0.25) is 0 Å². The van der Waals surface area contributed by atoms with Gasteiger partial charge in [0.05, 0.1) is 13.2 Å². The van der Waals surface area contributed by atoms with Crippen molar-refractivity contribution in [3.8, 4) is 5.88 Å². The van der Waals surface area contributed by atoms with Crippen LogP contribution in [0.3, 0.4) is 0 Å². The van der Waals surface area contributed by atoms with Gasteiger partial charge in [0.1, 0.15) is 4.60 Å². The smallest absolute Gasteiger partial charge is 0.387 e. The van der Waals surface area contributed by atoms with Gasteiger partial charge in [-0.05, 0) is 40.2 Å². The minimum absolute atomic E-state index is 0.139. The molecule has 2 fully saturated rings. The number of imidazole rings is 1. The molecule has 1 amide bonds. The van der Waals surface area contributed by atoms with Crippen molar-refractivity contribution >= 4 is 39.0 Å². The van der Waals surface area contributed by atoms with E-state index in [2.05, 4.69) is 41.0 Å². The van der Waals surface area contributed by atoms with Crippen molar-refractivity contribution in [2.75, 3.05) is 56.2 Å². The lowest BCUT2D eigenvalue weighted by Gasteiger charge is -2.39. The van der Waals surface area contributed by atoms with Crippen molar-refractivity contribution in [1.82, 2.24) is 19.3 Å². The van der Waals surface area contributed by atoms with E-state index in [0.29, 0.717) is 21.9 Å². The Kier molecular flexibility index (Phi) is 5.75. The highest BCUT2D eigenvalue weighted by atomic mass is 79.9. The van der Waals surface area contributed by atoms with Gasteiger partial charge in [0, 0.05) is 68.6 Å². The fourth-order valence-electron chi connectivity index (χ4n) is 3.87.